The number of likely N-dealkylation sites (tertiary alicyclic amines) is 1. The van der Waals surface area contributed by atoms with Gasteiger partial charge in [-0.15, -0.1) is 0 Å². The second-order valence-electron chi connectivity index (χ2n) is 6.08. The van der Waals surface area contributed by atoms with Gasteiger partial charge in [0.05, 0.1) is 5.92 Å². The van der Waals surface area contributed by atoms with Gasteiger partial charge in [0, 0.05) is 25.7 Å². The van der Waals surface area contributed by atoms with Crippen molar-refractivity contribution in [1.82, 2.24) is 10.2 Å². The van der Waals surface area contributed by atoms with E-state index in [1.807, 2.05) is 0 Å². The molecule has 1 amide bonds. The van der Waals surface area contributed by atoms with E-state index in [9.17, 15) is 4.79 Å². The molecule has 0 aromatic heterocycles. The number of rotatable bonds is 5. The van der Waals surface area contributed by atoms with Gasteiger partial charge in [0.1, 0.15) is 0 Å². The lowest BCUT2D eigenvalue weighted by molar-refractivity contribution is -0.127. The van der Waals surface area contributed by atoms with Crippen LogP contribution in [0.1, 0.15) is 45.4 Å². The Morgan fingerprint density at radius 1 is 1.32 bits per heavy atom. The second kappa shape index (κ2) is 7.25. The maximum absolute atomic E-state index is 12.1. The van der Waals surface area contributed by atoms with Gasteiger partial charge < -0.3 is 11.1 Å². The monoisotopic (exact) mass is 267 g/mol. The van der Waals surface area contributed by atoms with E-state index in [-0.39, 0.29) is 11.8 Å². The summed E-state index contributed by atoms with van der Waals surface area (Å²) in [7, 11) is 0. The van der Waals surface area contributed by atoms with E-state index in [1.54, 1.807) is 0 Å². The molecule has 0 spiro atoms. The molecule has 3 unspecified atom stereocenters. The number of piperidine rings is 1. The molecule has 4 nitrogen and oxygen atoms in total. The van der Waals surface area contributed by atoms with Crippen molar-refractivity contribution in [1.29, 1.82) is 0 Å². The Morgan fingerprint density at radius 2 is 2.16 bits per heavy atom. The molecule has 1 saturated heterocycles. The molecule has 0 aromatic carbocycles. The van der Waals surface area contributed by atoms with Crippen LogP contribution < -0.4 is 11.1 Å². The Morgan fingerprint density at radius 3 is 2.89 bits per heavy atom. The van der Waals surface area contributed by atoms with Crippen molar-refractivity contribution in [3.05, 3.63) is 0 Å². The van der Waals surface area contributed by atoms with Gasteiger partial charge in [0.15, 0.2) is 0 Å². The number of amides is 1. The van der Waals surface area contributed by atoms with E-state index >= 15 is 0 Å². The van der Waals surface area contributed by atoms with E-state index in [1.165, 1.54) is 32.2 Å². The summed E-state index contributed by atoms with van der Waals surface area (Å²) >= 11 is 0. The van der Waals surface area contributed by atoms with Crippen molar-refractivity contribution < 1.29 is 4.79 Å². The first kappa shape index (κ1) is 14.8. The van der Waals surface area contributed by atoms with Gasteiger partial charge in [-0.25, -0.2) is 0 Å². The number of nitrogens with zero attached hydrogens (tertiary/aromatic N) is 1. The number of hydrogen-bond acceptors (Lipinski definition) is 3. The Labute approximate surface area is 117 Å². The molecule has 19 heavy (non-hydrogen) atoms. The molecule has 0 aromatic rings. The zero-order chi connectivity index (χ0) is 13.7. The van der Waals surface area contributed by atoms with Crippen LogP contribution in [0.3, 0.4) is 0 Å². The molecule has 3 atom stereocenters. The fourth-order valence-electron chi connectivity index (χ4n) is 3.84. The van der Waals surface area contributed by atoms with E-state index in [2.05, 4.69) is 17.1 Å². The summed E-state index contributed by atoms with van der Waals surface area (Å²) in [6.45, 7) is 5.58. The summed E-state index contributed by atoms with van der Waals surface area (Å²) < 4.78 is 0. The molecule has 0 radical (unpaired) electrons. The van der Waals surface area contributed by atoms with Gasteiger partial charge >= 0.3 is 0 Å². The van der Waals surface area contributed by atoms with Gasteiger partial charge in [0.25, 0.3) is 0 Å². The van der Waals surface area contributed by atoms with Gasteiger partial charge in [-0.05, 0) is 38.1 Å². The van der Waals surface area contributed by atoms with Gasteiger partial charge in [0.2, 0.25) is 5.91 Å². The van der Waals surface area contributed by atoms with E-state index in [0.717, 1.165) is 31.3 Å². The van der Waals surface area contributed by atoms with Crippen molar-refractivity contribution in [2.24, 2.45) is 17.6 Å². The first-order valence-corrected chi connectivity index (χ1v) is 7.98. The van der Waals surface area contributed by atoms with Crippen LogP contribution in [0.5, 0.6) is 0 Å². The predicted octanol–water partition coefficient (Wildman–Crippen LogP) is 1.35. The number of nitrogens with one attached hydrogen (secondary N) is 1. The van der Waals surface area contributed by atoms with Crippen LogP contribution in [0.15, 0.2) is 0 Å². The number of nitrogens with two attached hydrogens (primary N) is 1. The Balaban J connectivity index is 1.87. The van der Waals surface area contributed by atoms with Gasteiger partial charge in [-0.3, -0.25) is 9.69 Å². The Hall–Kier alpha value is -0.610. The molecule has 4 heteroatoms. The Kier molecular flexibility index (Phi) is 5.64. The third kappa shape index (κ3) is 3.69. The highest BCUT2D eigenvalue weighted by Gasteiger charge is 2.35. The van der Waals surface area contributed by atoms with Crippen LogP contribution >= 0.6 is 0 Å². The summed E-state index contributed by atoms with van der Waals surface area (Å²) in [5.41, 5.74) is 5.44. The molecule has 1 saturated carbocycles. The van der Waals surface area contributed by atoms with Crippen molar-refractivity contribution in [2.45, 2.75) is 51.5 Å². The Bertz CT molecular complexity index is 295. The number of hydrogen-bond donors (Lipinski definition) is 2. The van der Waals surface area contributed by atoms with Crippen molar-refractivity contribution in [3.63, 3.8) is 0 Å². The van der Waals surface area contributed by atoms with Gasteiger partial charge in [-0.2, -0.15) is 0 Å². The largest absolute Gasteiger partial charge is 0.355 e. The fraction of sp³-hybridized carbons (Fsp3) is 0.933. The maximum atomic E-state index is 12.1. The van der Waals surface area contributed by atoms with E-state index < -0.39 is 0 Å². The summed E-state index contributed by atoms with van der Waals surface area (Å²) in [6, 6.07) is 0.732. The standard InChI is InChI=1S/C15H29N3O/c1-2-12-5-3-7-14(12)18-10-4-6-13(11-18)15(19)17-9-8-16/h12-14H,2-11,16H2,1H3,(H,17,19). The minimum Gasteiger partial charge on any atom is -0.355 e. The average molecular weight is 267 g/mol. The normalized spacial score (nSPS) is 32.4. The van der Waals surface area contributed by atoms with Crippen molar-refractivity contribution in [3.8, 4) is 0 Å². The molecule has 2 aliphatic rings. The summed E-state index contributed by atoms with van der Waals surface area (Å²) in [4.78, 5) is 14.7. The summed E-state index contributed by atoms with van der Waals surface area (Å²) in [5.74, 6) is 1.24. The third-order valence-electron chi connectivity index (χ3n) is 4.88. The van der Waals surface area contributed by atoms with Crippen LogP contribution in [-0.2, 0) is 4.79 Å². The fourth-order valence-corrected chi connectivity index (χ4v) is 3.84. The van der Waals surface area contributed by atoms with Crippen LogP contribution in [0.4, 0.5) is 0 Å². The lowest BCUT2D eigenvalue weighted by atomic mass is 9.92. The summed E-state index contributed by atoms with van der Waals surface area (Å²) in [6.07, 6.45) is 7.55. The molecule has 1 aliphatic heterocycles. The summed E-state index contributed by atoms with van der Waals surface area (Å²) in [5, 5.41) is 2.95. The molecule has 3 N–H and O–H groups in total. The number of carbonyl (C=O) groups is 1. The molecule has 2 fully saturated rings. The smallest absolute Gasteiger partial charge is 0.224 e. The lowest BCUT2D eigenvalue weighted by Crippen LogP contribution is -2.48. The molecule has 2 rings (SSSR count). The maximum Gasteiger partial charge on any atom is 0.224 e. The highest BCUT2D eigenvalue weighted by atomic mass is 16.1. The van der Waals surface area contributed by atoms with Crippen LogP contribution in [0.2, 0.25) is 0 Å². The quantitative estimate of drug-likeness (QED) is 0.790. The molecule has 110 valence electrons. The van der Waals surface area contributed by atoms with Crippen molar-refractivity contribution in [2.75, 3.05) is 26.2 Å². The molecule has 0 bridgehead atoms. The van der Waals surface area contributed by atoms with Crippen LogP contribution in [0, 0.1) is 11.8 Å². The van der Waals surface area contributed by atoms with Crippen LogP contribution in [-0.4, -0.2) is 43.0 Å². The zero-order valence-electron chi connectivity index (χ0n) is 12.2. The zero-order valence-corrected chi connectivity index (χ0v) is 12.2. The minimum atomic E-state index is 0.179. The average Bonchev–Trinajstić information content (AvgIpc) is 2.93. The minimum absolute atomic E-state index is 0.179. The first-order valence-electron chi connectivity index (χ1n) is 7.98. The molecular weight excluding hydrogens is 238 g/mol. The SMILES string of the molecule is CCC1CCCC1N1CCCC(C(=O)NCCN)C1. The third-order valence-corrected chi connectivity index (χ3v) is 4.88. The molecular formula is C15H29N3O. The van der Waals surface area contributed by atoms with E-state index in [0.29, 0.717) is 13.1 Å². The first-order chi connectivity index (χ1) is 9.26. The van der Waals surface area contributed by atoms with E-state index in [4.69, 9.17) is 5.73 Å². The predicted molar refractivity (Wildman–Crippen MR) is 77.8 cm³/mol. The highest BCUT2D eigenvalue weighted by molar-refractivity contribution is 5.78. The van der Waals surface area contributed by atoms with Crippen molar-refractivity contribution >= 4 is 5.91 Å². The van der Waals surface area contributed by atoms with Gasteiger partial charge in [-0.1, -0.05) is 19.8 Å². The molecule has 1 heterocycles. The highest BCUT2D eigenvalue weighted by Crippen LogP contribution is 2.34. The molecule has 1 aliphatic carbocycles. The topological polar surface area (TPSA) is 58.4 Å². The van der Waals surface area contributed by atoms with Crippen LogP contribution in [0.25, 0.3) is 0 Å². The second-order valence-corrected chi connectivity index (χ2v) is 6.08. The number of carbonyl (C=O) groups excluding carboxylic acids is 1. The lowest BCUT2D eigenvalue weighted by Gasteiger charge is -2.38.